The minimum Gasteiger partial charge on any atom is -0.478 e. The third kappa shape index (κ3) is 4.60. The Balaban J connectivity index is 2.59. The fraction of sp³-hybridized carbons (Fsp3) is 0.308. The van der Waals surface area contributed by atoms with Gasteiger partial charge in [-0.05, 0) is 12.5 Å². The number of rotatable bonds is 5. The van der Waals surface area contributed by atoms with Gasteiger partial charge >= 0.3 is 12.1 Å². The molecule has 0 saturated carbocycles. The highest BCUT2D eigenvalue weighted by Gasteiger charge is 2.36. The van der Waals surface area contributed by atoms with Crippen molar-refractivity contribution in [3.63, 3.8) is 0 Å². The highest BCUT2D eigenvalue weighted by atomic mass is 16.5. The first-order valence-corrected chi connectivity index (χ1v) is 5.84. The number of hydrogen-bond acceptors (Lipinski definition) is 4. The van der Waals surface area contributed by atoms with E-state index in [0.717, 1.165) is 19.4 Å². The van der Waals surface area contributed by atoms with E-state index in [1.165, 1.54) is 0 Å². The van der Waals surface area contributed by atoms with Gasteiger partial charge in [0, 0.05) is 6.92 Å². The molecule has 0 radical (unpaired) electrons. The first-order valence-electron chi connectivity index (χ1n) is 5.84. The molecule has 0 aromatic heterocycles. The van der Waals surface area contributed by atoms with Gasteiger partial charge < -0.3 is 15.2 Å². The first-order chi connectivity index (χ1) is 9.33. The summed E-state index contributed by atoms with van der Waals surface area (Å²) >= 11 is 0. The number of carboxylic acids is 1. The lowest BCUT2D eigenvalue weighted by molar-refractivity contribution is -0.147. The summed E-state index contributed by atoms with van der Waals surface area (Å²) in [5.41, 5.74) is -1.15. The van der Waals surface area contributed by atoms with Gasteiger partial charge in [0.25, 0.3) is 0 Å². The predicted molar refractivity (Wildman–Crippen MR) is 69.6 cm³/mol. The third-order valence-electron chi connectivity index (χ3n) is 2.42. The van der Waals surface area contributed by atoms with Crippen LogP contribution in [0.4, 0.5) is 4.79 Å². The maximum atomic E-state index is 11.6. The van der Waals surface area contributed by atoms with Crippen molar-refractivity contribution in [2.45, 2.75) is 26.1 Å². The first kappa shape index (κ1) is 15.5. The van der Waals surface area contributed by atoms with E-state index in [0.29, 0.717) is 0 Å². The Labute approximate surface area is 115 Å². The van der Waals surface area contributed by atoms with Crippen LogP contribution in [-0.4, -0.2) is 28.7 Å². The van der Waals surface area contributed by atoms with E-state index in [-0.39, 0.29) is 6.61 Å². The molecule has 1 aromatic rings. The van der Waals surface area contributed by atoms with Crippen LogP contribution in [0.5, 0.6) is 0 Å². The fourth-order valence-electron chi connectivity index (χ4n) is 1.45. The van der Waals surface area contributed by atoms with Crippen LogP contribution in [-0.2, 0) is 20.9 Å². The van der Waals surface area contributed by atoms with Crippen molar-refractivity contribution in [2.75, 3.05) is 0 Å². The van der Waals surface area contributed by atoms with Gasteiger partial charge in [-0.25, -0.2) is 9.59 Å². The minimum absolute atomic E-state index is 0.00242. The second-order valence-corrected chi connectivity index (χ2v) is 4.30. The molecule has 0 bridgehead atoms. The molecule has 0 saturated heterocycles. The Morgan fingerprint density at radius 1 is 1.20 bits per heavy atom. The maximum Gasteiger partial charge on any atom is 0.409 e. The highest BCUT2D eigenvalue weighted by molar-refractivity contribution is 5.88. The summed E-state index contributed by atoms with van der Waals surface area (Å²) in [5.74, 6) is -1.98. The summed E-state index contributed by atoms with van der Waals surface area (Å²) < 4.78 is 4.89. The molecule has 0 aliphatic heterocycles. The molecule has 0 spiro atoms. The summed E-state index contributed by atoms with van der Waals surface area (Å²) in [6, 6.07) is 8.92. The second-order valence-electron chi connectivity index (χ2n) is 4.30. The molecule has 0 heterocycles. The lowest BCUT2D eigenvalue weighted by atomic mass is 10.2. The largest absolute Gasteiger partial charge is 0.478 e. The number of carbonyl (C=O) groups excluding carboxylic acids is 2. The van der Waals surface area contributed by atoms with Gasteiger partial charge in [0.2, 0.25) is 11.6 Å². The molecule has 1 rings (SSSR count). The van der Waals surface area contributed by atoms with Crippen LogP contribution in [0.3, 0.4) is 0 Å². The Morgan fingerprint density at radius 3 is 2.30 bits per heavy atom. The number of nitrogens with one attached hydrogen (secondary N) is 2. The summed E-state index contributed by atoms with van der Waals surface area (Å²) in [6.45, 7) is 2.31. The van der Waals surface area contributed by atoms with E-state index < -0.39 is 23.6 Å². The van der Waals surface area contributed by atoms with Gasteiger partial charge in [-0.15, -0.1) is 0 Å². The molecule has 1 unspecified atom stereocenters. The van der Waals surface area contributed by atoms with Crippen LogP contribution in [0.2, 0.25) is 0 Å². The molecule has 0 aliphatic carbocycles. The fourth-order valence-corrected chi connectivity index (χ4v) is 1.45. The van der Waals surface area contributed by atoms with E-state index in [1.54, 1.807) is 24.3 Å². The van der Waals surface area contributed by atoms with Crippen LogP contribution >= 0.6 is 0 Å². The van der Waals surface area contributed by atoms with E-state index in [2.05, 4.69) is 10.6 Å². The van der Waals surface area contributed by atoms with Crippen molar-refractivity contribution in [3.8, 4) is 0 Å². The van der Waals surface area contributed by atoms with Crippen LogP contribution in [0.1, 0.15) is 19.4 Å². The number of amides is 2. The molecule has 1 atom stereocenters. The Hall–Kier alpha value is -2.57. The molecule has 108 valence electrons. The van der Waals surface area contributed by atoms with Crippen LogP contribution in [0.15, 0.2) is 30.3 Å². The number of carboxylic acid groups (broad SMARTS) is 1. The molecule has 7 nitrogen and oxygen atoms in total. The second kappa shape index (κ2) is 6.55. The smallest absolute Gasteiger partial charge is 0.409 e. The molecule has 2 amide bonds. The van der Waals surface area contributed by atoms with Crippen LogP contribution in [0, 0.1) is 0 Å². The van der Waals surface area contributed by atoms with Crippen molar-refractivity contribution in [3.05, 3.63) is 35.9 Å². The molecule has 0 fully saturated rings. The molecule has 7 heteroatoms. The van der Waals surface area contributed by atoms with Gasteiger partial charge in [0.1, 0.15) is 6.61 Å². The van der Waals surface area contributed by atoms with Gasteiger partial charge in [-0.1, -0.05) is 30.3 Å². The van der Waals surface area contributed by atoms with Crippen molar-refractivity contribution in [1.82, 2.24) is 10.6 Å². The number of hydrogen-bond donors (Lipinski definition) is 3. The summed E-state index contributed by atoms with van der Waals surface area (Å²) in [5, 5.41) is 13.3. The summed E-state index contributed by atoms with van der Waals surface area (Å²) in [7, 11) is 0. The van der Waals surface area contributed by atoms with Crippen molar-refractivity contribution in [1.29, 1.82) is 0 Å². The van der Waals surface area contributed by atoms with Gasteiger partial charge in [-0.2, -0.15) is 0 Å². The third-order valence-corrected chi connectivity index (χ3v) is 2.42. The Morgan fingerprint density at radius 2 is 1.80 bits per heavy atom. The zero-order valence-electron chi connectivity index (χ0n) is 11.2. The van der Waals surface area contributed by atoms with Gasteiger partial charge in [0.15, 0.2) is 0 Å². The van der Waals surface area contributed by atoms with E-state index in [1.807, 2.05) is 6.07 Å². The number of aliphatic carboxylic acids is 1. The van der Waals surface area contributed by atoms with E-state index >= 15 is 0 Å². The SMILES string of the molecule is CC(=O)NC(C)(NC(=O)OCc1ccccc1)C(=O)O. The quantitative estimate of drug-likeness (QED) is 0.693. The molecule has 1 aromatic carbocycles. The zero-order chi connectivity index (χ0) is 15.2. The van der Waals surface area contributed by atoms with Gasteiger partial charge in [0.05, 0.1) is 0 Å². The molecular formula is C13H16N2O5. The molecule has 0 aliphatic rings. The lowest BCUT2D eigenvalue weighted by Gasteiger charge is -2.26. The van der Waals surface area contributed by atoms with Crippen LogP contribution < -0.4 is 10.6 Å². The average molecular weight is 280 g/mol. The summed E-state index contributed by atoms with van der Waals surface area (Å²) in [4.78, 5) is 33.6. The predicted octanol–water partition coefficient (Wildman–Crippen LogP) is 0.850. The van der Waals surface area contributed by atoms with E-state index in [4.69, 9.17) is 9.84 Å². The van der Waals surface area contributed by atoms with Gasteiger partial charge in [-0.3, -0.25) is 10.1 Å². The standard InChI is InChI=1S/C13H16N2O5/c1-9(16)14-13(2,11(17)18)15-12(19)20-8-10-6-4-3-5-7-10/h3-7H,8H2,1-2H3,(H,14,16)(H,15,19)(H,17,18). The van der Waals surface area contributed by atoms with Crippen molar-refractivity contribution < 1.29 is 24.2 Å². The Kier molecular flexibility index (Phi) is 5.08. The van der Waals surface area contributed by atoms with Crippen LogP contribution in [0.25, 0.3) is 0 Å². The number of benzene rings is 1. The highest BCUT2D eigenvalue weighted by Crippen LogP contribution is 2.03. The molecule has 20 heavy (non-hydrogen) atoms. The monoisotopic (exact) mass is 280 g/mol. The molecular weight excluding hydrogens is 264 g/mol. The molecule has 3 N–H and O–H groups in total. The topological polar surface area (TPSA) is 105 Å². The van der Waals surface area contributed by atoms with Crippen molar-refractivity contribution >= 4 is 18.0 Å². The normalized spacial score (nSPS) is 12.9. The maximum absolute atomic E-state index is 11.6. The Bertz CT molecular complexity index is 503. The summed E-state index contributed by atoms with van der Waals surface area (Å²) in [6.07, 6.45) is -0.937. The van der Waals surface area contributed by atoms with Crippen molar-refractivity contribution in [2.24, 2.45) is 0 Å². The number of ether oxygens (including phenoxy) is 1. The minimum atomic E-state index is -1.92. The lowest BCUT2D eigenvalue weighted by Crippen LogP contribution is -2.63. The number of carbonyl (C=O) groups is 3. The number of alkyl carbamates (subject to hydrolysis) is 1. The zero-order valence-corrected chi connectivity index (χ0v) is 11.2. The van der Waals surface area contributed by atoms with E-state index in [9.17, 15) is 14.4 Å². The average Bonchev–Trinajstić information content (AvgIpc) is 2.36.